The minimum absolute atomic E-state index is 0.0107. The van der Waals surface area contributed by atoms with E-state index in [1.165, 1.54) is 12.1 Å². The molecule has 0 radical (unpaired) electrons. The first-order valence-corrected chi connectivity index (χ1v) is 6.43. The van der Waals surface area contributed by atoms with Gasteiger partial charge in [-0.25, -0.2) is 8.78 Å². The van der Waals surface area contributed by atoms with Crippen molar-refractivity contribution in [3.05, 3.63) is 35.4 Å². The normalized spacial score (nSPS) is 12.5. The minimum Gasteiger partial charge on any atom is -0.356 e. The lowest BCUT2D eigenvalue weighted by Crippen LogP contribution is -2.36. The molecule has 0 fully saturated rings. The van der Waals surface area contributed by atoms with Gasteiger partial charge >= 0.3 is 0 Å². The highest BCUT2D eigenvalue weighted by Gasteiger charge is 2.17. The molecule has 3 N–H and O–H groups in total. The number of amides is 1. The number of nitrogens with one attached hydrogen (secondary N) is 1. The van der Waals surface area contributed by atoms with Crippen molar-refractivity contribution in [2.24, 2.45) is 11.7 Å². The van der Waals surface area contributed by atoms with Crippen LogP contribution in [0, 0.1) is 5.92 Å². The fourth-order valence-electron chi connectivity index (χ4n) is 1.76. The molecule has 1 rings (SSSR count). The molecular weight excluding hydrogens is 250 g/mol. The van der Waals surface area contributed by atoms with Gasteiger partial charge < -0.3 is 11.1 Å². The number of rotatable bonds is 7. The van der Waals surface area contributed by atoms with E-state index in [4.69, 9.17) is 5.73 Å². The average Bonchev–Trinajstić information content (AvgIpc) is 2.42. The lowest BCUT2D eigenvalue weighted by molar-refractivity contribution is -0.124. The van der Waals surface area contributed by atoms with Crippen LogP contribution in [0.25, 0.3) is 0 Å². The van der Waals surface area contributed by atoms with Gasteiger partial charge in [-0.3, -0.25) is 4.79 Å². The molecule has 0 saturated carbocycles. The van der Waals surface area contributed by atoms with Crippen LogP contribution in [0.1, 0.15) is 30.9 Å². The lowest BCUT2D eigenvalue weighted by atomic mass is 9.97. The van der Waals surface area contributed by atoms with E-state index < -0.39 is 6.43 Å². The fraction of sp³-hybridized carbons (Fsp3) is 0.500. The van der Waals surface area contributed by atoms with Crippen molar-refractivity contribution < 1.29 is 13.6 Å². The molecule has 1 unspecified atom stereocenters. The molecule has 0 aliphatic carbocycles. The van der Waals surface area contributed by atoms with Crippen LogP contribution in [0.2, 0.25) is 0 Å². The first-order chi connectivity index (χ1) is 9.08. The summed E-state index contributed by atoms with van der Waals surface area (Å²) in [5.41, 5.74) is 6.42. The van der Waals surface area contributed by atoms with Crippen LogP contribution in [0.5, 0.6) is 0 Å². The molecule has 106 valence electrons. The minimum atomic E-state index is -2.47. The maximum Gasteiger partial charge on any atom is 0.263 e. The molecule has 1 aromatic rings. The van der Waals surface area contributed by atoms with Gasteiger partial charge in [0, 0.05) is 18.7 Å². The van der Waals surface area contributed by atoms with Crippen LogP contribution in [0.3, 0.4) is 0 Å². The van der Waals surface area contributed by atoms with Crippen LogP contribution in [-0.4, -0.2) is 19.0 Å². The fourth-order valence-corrected chi connectivity index (χ4v) is 1.76. The summed E-state index contributed by atoms with van der Waals surface area (Å²) in [6, 6.07) is 6.02. The van der Waals surface area contributed by atoms with Gasteiger partial charge in [0.1, 0.15) is 0 Å². The molecule has 0 saturated heterocycles. The first kappa shape index (κ1) is 15.6. The zero-order valence-corrected chi connectivity index (χ0v) is 11.0. The Bertz CT molecular complexity index is 393. The molecule has 0 aliphatic rings. The van der Waals surface area contributed by atoms with E-state index in [-0.39, 0.29) is 23.9 Å². The molecule has 19 heavy (non-hydrogen) atoms. The third kappa shape index (κ3) is 4.95. The second kappa shape index (κ2) is 7.84. The van der Waals surface area contributed by atoms with Crippen LogP contribution in [0.4, 0.5) is 8.78 Å². The van der Waals surface area contributed by atoms with E-state index >= 15 is 0 Å². The predicted octanol–water partition coefficient (Wildman–Crippen LogP) is 2.27. The molecule has 0 aromatic heterocycles. The second-order valence-electron chi connectivity index (χ2n) is 4.47. The standard InChI is InChI=1S/C14H20F2N2O/c1-2-7-18-14(19)12(9-17)8-10-3-5-11(6-4-10)13(15)16/h3-6,12-13H,2,7-9,17H2,1H3,(H,18,19). The van der Waals surface area contributed by atoms with Gasteiger partial charge in [-0.05, 0) is 18.4 Å². The Morgan fingerprint density at radius 3 is 2.42 bits per heavy atom. The smallest absolute Gasteiger partial charge is 0.263 e. The van der Waals surface area contributed by atoms with Gasteiger partial charge in [0.25, 0.3) is 6.43 Å². The van der Waals surface area contributed by atoms with Gasteiger partial charge in [-0.15, -0.1) is 0 Å². The number of nitrogens with two attached hydrogens (primary N) is 1. The maximum absolute atomic E-state index is 12.4. The Morgan fingerprint density at radius 1 is 1.32 bits per heavy atom. The summed E-state index contributed by atoms with van der Waals surface area (Å²) in [7, 11) is 0. The number of alkyl halides is 2. The lowest BCUT2D eigenvalue weighted by Gasteiger charge is -2.15. The number of benzene rings is 1. The molecular formula is C14H20F2N2O. The van der Waals surface area contributed by atoms with Gasteiger partial charge in [0.05, 0.1) is 5.92 Å². The number of carbonyl (C=O) groups is 1. The highest BCUT2D eigenvalue weighted by atomic mass is 19.3. The summed E-state index contributed by atoms with van der Waals surface area (Å²) in [5.74, 6) is -0.397. The topological polar surface area (TPSA) is 55.1 Å². The zero-order valence-electron chi connectivity index (χ0n) is 11.0. The van der Waals surface area contributed by atoms with E-state index in [9.17, 15) is 13.6 Å². The van der Waals surface area contributed by atoms with Gasteiger partial charge in [0.15, 0.2) is 0 Å². The average molecular weight is 270 g/mol. The highest BCUT2D eigenvalue weighted by Crippen LogP contribution is 2.19. The summed E-state index contributed by atoms with van der Waals surface area (Å²) < 4.78 is 24.8. The predicted molar refractivity (Wildman–Crippen MR) is 70.9 cm³/mol. The van der Waals surface area contributed by atoms with Crippen molar-refractivity contribution in [1.82, 2.24) is 5.32 Å². The van der Waals surface area contributed by atoms with E-state index in [2.05, 4.69) is 5.32 Å². The van der Waals surface area contributed by atoms with Crippen LogP contribution in [-0.2, 0) is 11.2 Å². The summed E-state index contributed by atoms with van der Waals surface area (Å²) >= 11 is 0. The number of carbonyl (C=O) groups excluding carboxylic acids is 1. The van der Waals surface area contributed by atoms with Crippen molar-refractivity contribution in [2.45, 2.75) is 26.2 Å². The summed E-state index contributed by atoms with van der Waals surface area (Å²) in [6.07, 6.45) is -1.13. The van der Waals surface area contributed by atoms with Crippen LogP contribution in [0.15, 0.2) is 24.3 Å². The molecule has 1 aromatic carbocycles. The molecule has 0 spiro atoms. The molecule has 1 amide bonds. The number of halogens is 2. The molecule has 5 heteroatoms. The molecule has 0 aliphatic heterocycles. The van der Waals surface area contributed by atoms with Gasteiger partial charge in [0.2, 0.25) is 5.91 Å². The molecule has 0 heterocycles. The highest BCUT2D eigenvalue weighted by molar-refractivity contribution is 5.79. The third-order valence-electron chi connectivity index (χ3n) is 2.92. The Labute approximate surface area is 112 Å². The number of hydrogen-bond donors (Lipinski definition) is 2. The van der Waals surface area contributed by atoms with Crippen LogP contribution >= 0.6 is 0 Å². The van der Waals surface area contributed by atoms with E-state index in [1.807, 2.05) is 6.92 Å². The Kier molecular flexibility index (Phi) is 6.42. The quantitative estimate of drug-likeness (QED) is 0.798. The third-order valence-corrected chi connectivity index (χ3v) is 2.92. The second-order valence-corrected chi connectivity index (χ2v) is 4.47. The van der Waals surface area contributed by atoms with Crippen molar-refractivity contribution in [2.75, 3.05) is 13.1 Å². The maximum atomic E-state index is 12.4. The number of hydrogen-bond acceptors (Lipinski definition) is 2. The van der Waals surface area contributed by atoms with E-state index in [0.717, 1.165) is 12.0 Å². The SMILES string of the molecule is CCCNC(=O)C(CN)Cc1ccc(C(F)F)cc1. The first-order valence-electron chi connectivity index (χ1n) is 6.43. The molecule has 0 bridgehead atoms. The van der Waals surface area contributed by atoms with Crippen LogP contribution < -0.4 is 11.1 Å². The summed E-state index contributed by atoms with van der Waals surface area (Å²) in [6.45, 7) is 2.84. The van der Waals surface area contributed by atoms with Crippen molar-refractivity contribution >= 4 is 5.91 Å². The van der Waals surface area contributed by atoms with Crippen molar-refractivity contribution in [3.8, 4) is 0 Å². The van der Waals surface area contributed by atoms with E-state index in [0.29, 0.717) is 13.0 Å². The van der Waals surface area contributed by atoms with Gasteiger partial charge in [-0.2, -0.15) is 0 Å². The van der Waals surface area contributed by atoms with Crippen molar-refractivity contribution in [3.63, 3.8) is 0 Å². The van der Waals surface area contributed by atoms with E-state index in [1.54, 1.807) is 12.1 Å². The summed E-state index contributed by atoms with van der Waals surface area (Å²) in [5, 5.41) is 2.79. The Morgan fingerprint density at radius 2 is 1.95 bits per heavy atom. The van der Waals surface area contributed by atoms with Crippen molar-refractivity contribution in [1.29, 1.82) is 0 Å². The summed E-state index contributed by atoms with van der Waals surface area (Å²) in [4.78, 5) is 11.8. The Hall–Kier alpha value is -1.49. The molecule has 3 nitrogen and oxygen atoms in total. The molecule has 1 atom stereocenters. The largest absolute Gasteiger partial charge is 0.356 e. The zero-order chi connectivity index (χ0) is 14.3. The van der Waals surface area contributed by atoms with Gasteiger partial charge in [-0.1, -0.05) is 31.2 Å². The Balaban J connectivity index is 2.62. The monoisotopic (exact) mass is 270 g/mol.